The number of aromatic nitrogens is 3. The molecule has 0 N–H and O–H groups in total. The van der Waals surface area contributed by atoms with E-state index in [0.717, 1.165) is 43.1 Å². The summed E-state index contributed by atoms with van der Waals surface area (Å²) in [5, 5.41) is 4.69. The normalized spacial score (nSPS) is 11.9. The monoisotopic (exact) mass is 493 g/mol. The van der Waals surface area contributed by atoms with Crippen LogP contribution in [0.2, 0.25) is 0 Å². The van der Waals surface area contributed by atoms with Crippen LogP contribution in [0.15, 0.2) is 120 Å². The van der Waals surface area contributed by atoms with Gasteiger partial charge in [0.25, 0.3) is 0 Å². The molecule has 8 rings (SSSR count). The molecule has 0 saturated carbocycles. The molecule has 0 spiro atoms. The van der Waals surface area contributed by atoms with Gasteiger partial charge in [-0.15, -0.1) is 0 Å². The number of benzene rings is 5. The Morgan fingerprint density at radius 1 is 0.541 bits per heavy atom. The van der Waals surface area contributed by atoms with Crippen molar-refractivity contribution in [3.05, 3.63) is 125 Å². The molecule has 0 saturated heterocycles. The van der Waals surface area contributed by atoms with Crippen molar-refractivity contribution < 1.29 is 0 Å². The fourth-order valence-electron chi connectivity index (χ4n) is 5.53. The van der Waals surface area contributed by atoms with Gasteiger partial charge in [0, 0.05) is 27.2 Å². The van der Waals surface area contributed by atoms with Crippen LogP contribution >= 0.6 is 11.3 Å². The van der Waals surface area contributed by atoms with Gasteiger partial charge in [0.05, 0.1) is 32.3 Å². The van der Waals surface area contributed by atoms with E-state index in [1.54, 1.807) is 11.3 Å². The molecule has 0 aliphatic carbocycles. The van der Waals surface area contributed by atoms with Gasteiger partial charge in [-0.1, -0.05) is 78.1 Å². The third-order valence-corrected chi connectivity index (χ3v) is 8.16. The lowest BCUT2D eigenvalue weighted by molar-refractivity contribution is 1.15. The van der Waals surface area contributed by atoms with Crippen molar-refractivity contribution in [2.24, 2.45) is 0 Å². The predicted octanol–water partition coefficient (Wildman–Crippen LogP) is 7.85. The van der Waals surface area contributed by atoms with Crippen LogP contribution in [0.25, 0.3) is 64.6 Å². The van der Waals surface area contributed by atoms with Crippen molar-refractivity contribution in [2.75, 3.05) is 0 Å². The first-order valence-electron chi connectivity index (χ1n) is 12.2. The zero-order chi connectivity index (χ0) is 24.5. The van der Waals surface area contributed by atoms with Crippen LogP contribution in [0.4, 0.5) is 0 Å². The van der Waals surface area contributed by atoms with Crippen molar-refractivity contribution >= 4 is 65.2 Å². The second-order valence-electron chi connectivity index (χ2n) is 9.22. The molecule has 0 amide bonds. The second-order valence-corrected chi connectivity index (χ2v) is 10.2. The first-order chi connectivity index (χ1) is 18.3. The minimum atomic E-state index is 0.0334. The average Bonchev–Trinajstić information content (AvgIpc) is 3.51. The molecule has 0 radical (unpaired) electrons. The van der Waals surface area contributed by atoms with Gasteiger partial charge in [-0.25, -0.2) is 4.98 Å². The fraction of sp³-hybridized carbons (Fsp3) is 0. The van der Waals surface area contributed by atoms with E-state index >= 15 is 0 Å². The molecular formula is C32H19N3OS. The predicted molar refractivity (Wildman–Crippen MR) is 155 cm³/mol. The van der Waals surface area contributed by atoms with Crippen molar-refractivity contribution in [3.8, 4) is 10.8 Å². The summed E-state index contributed by atoms with van der Waals surface area (Å²) in [6.07, 6.45) is 0. The Balaban J connectivity index is 1.49. The van der Waals surface area contributed by atoms with Gasteiger partial charge in [0.2, 0.25) is 0 Å². The third-order valence-electron chi connectivity index (χ3n) is 7.16. The molecule has 174 valence electrons. The van der Waals surface area contributed by atoms with Gasteiger partial charge in [0.1, 0.15) is 0 Å². The number of nitrogens with zero attached hydrogens (tertiary/aromatic N) is 3. The number of hydrogen-bond donors (Lipinski definition) is 0. The lowest BCUT2D eigenvalue weighted by Crippen LogP contribution is -2.10. The third kappa shape index (κ3) is 2.89. The molecule has 0 aliphatic heterocycles. The maximum Gasteiger partial charge on any atom is 0.197 e. The quantitative estimate of drug-likeness (QED) is 0.230. The molecule has 4 nitrogen and oxygen atoms in total. The van der Waals surface area contributed by atoms with E-state index in [-0.39, 0.29) is 5.43 Å². The number of para-hydroxylation sites is 4. The molecule has 0 unspecified atom stereocenters. The lowest BCUT2D eigenvalue weighted by atomic mass is 10.1. The Hall–Kier alpha value is -4.74. The first kappa shape index (κ1) is 20.5. The van der Waals surface area contributed by atoms with E-state index in [0.29, 0.717) is 10.8 Å². The fourth-order valence-corrected chi connectivity index (χ4v) is 6.54. The average molecular weight is 494 g/mol. The Morgan fingerprint density at radius 2 is 1.11 bits per heavy atom. The van der Waals surface area contributed by atoms with Crippen LogP contribution in [-0.4, -0.2) is 14.1 Å². The Morgan fingerprint density at radius 3 is 1.78 bits per heavy atom. The highest BCUT2D eigenvalue weighted by molar-refractivity contribution is 7.21. The van der Waals surface area contributed by atoms with Crippen LogP contribution < -0.4 is 5.43 Å². The highest BCUT2D eigenvalue weighted by atomic mass is 32.1. The molecule has 5 heteroatoms. The summed E-state index contributed by atoms with van der Waals surface area (Å²) < 4.78 is 5.47. The summed E-state index contributed by atoms with van der Waals surface area (Å²) in [7, 11) is 0. The van der Waals surface area contributed by atoms with Crippen molar-refractivity contribution in [1.82, 2.24) is 14.1 Å². The highest BCUT2D eigenvalue weighted by Crippen LogP contribution is 2.36. The van der Waals surface area contributed by atoms with Gasteiger partial charge in [0.15, 0.2) is 10.6 Å². The Kier molecular flexibility index (Phi) is 4.22. The Labute approximate surface area is 215 Å². The van der Waals surface area contributed by atoms with Gasteiger partial charge < -0.3 is 4.57 Å². The van der Waals surface area contributed by atoms with Crippen molar-refractivity contribution in [3.63, 3.8) is 0 Å². The molecular weight excluding hydrogens is 474 g/mol. The molecule has 0 atom stereocenters. The van der Waals surface area contributed by atoms with Crippen LogP contribution in [0.5, 0.6) is 0 Å². The summed E-state index contributed by atoms with van der Waals surface area (Å²) in [6, 6.07) is 39.0. The lowest BCUT2D eigenvalue weighted by Gasteiger charge is -2.15. The zero-order valence-electron chi connectivity index (χ0n) is 19.6. The minimum Gasteiger partial charge on any atom is -0.309 e. The molecule has 3 heterocycles. The van der Waals surface area contributed by atoms with Crippen LogP contribution in [0.1, 0.15) is 0 Å². The van der Waals surface area contributed by atoms with Gasteiger partial charge in [-0.3, -0.25) is 9.36 Å². The minimum absolute atomic E-state index is 0.0334. The van der Waals surface area contributed by atoms with Gasteiger partial charge >= 0.3 is 0 Å². The van der Waals surface area contributed by atoms with E-state index < -0.39 is 0 Å². The Bertz CT molecular complexity index is 2170. The topological polar surface area (TPSA) is 39.8 Å². The summed E-state index contributed by atoms with van der Waals surface area (Å²) in [5.74, 6) is 0. The summed E-state index contributed by atoms with van der Waals surface area (Å²) in [4.78, 5) is 18.7. The van der Waals surface area contributed by atoms with E-state index in [1.807, 2.05) is 48.5 Å². The van der Waals surface area contributed by atoms with E-state index in [9.17, 15) is 4.79 Å². The second kappa shape index (κ2) is 7.63. The largest absolute Gasteiger partial charge is 0.309 e. The van der Waals surface area contributed by atoms with Crippen molar-refractivity contribution in [1.29, 1.82) is 0 Å². The molecule has 5 aromatic carbocycles. The summed E-state index contributed by atoms with van der Waals surface area (Å²) in [5.41, 5.74) is 5.93. The van der Waals surface area contributed by atoms with E-state index in [2.05, 4.69) is 75.9 Å². The highest BCUT2D eigenvalue weighted by Gasteiger charge is 2.18. The summed E-state index contributed by atoms with van der Waals surface area (Å²) in [6.45, 7) is 0. The van der Waals surface area contributed by atoms with Crippen LogP contribution in [0, 0.1) is 0 Å². The number of thiazole rings is 1. The zero-order valence-corrected chi connectivity index (χ0v) is 20.4. The van der Waals surface area contributed by atoms with E-state index in [1.165, 1.54) is 10.8 Å². The number of rotatable bonds is 2. The molecule has 0 bridgehead atoms. The van der Waals surface area contributed by atoms with Crippen LogP contribution in [-0.2, 0) is 0 Å². The molecule has 8 aromatic rings. The molecule has 3 aromatic heterocycles. The smallest absolute Gasteiger partial charge is 0.197 e. The molecule has 0 aliphatic rings. The first-order valence-corrected chi connectivity index (χ1v) is 13.0. The number of hydrogen-bond acceptors (Lipinski definition) is 3. The number of pyridine rings is 1. The van der Waals surface area contributed by atoms with E-state index in [4.69, 9.17) is 4.98 Å². The van der Waals surface area contributed by atoms with Crippen LogP contribution in [0.3, 0.4) is 0 Å². The summed E-state index contributed by atoms with van der Waals surface area (Å²) >= 11 is 1.65. The van der Waals surface area contributed by atoms with Gasteiger partial charge in [-0.2, -0.15) is 0 Å². The maximum absolute atomic E-state index is 13.7. The molecule has 0 fully saturated rings. The maximum atomic E-state index is 13.7. The van der Waals surface area contributed by atoms with Gasteiger partial charge in [-0.05, 0) is 48.5 Å². The van der Waals surface area contributed by atoms with Crippen molar-refractivity contribution in [2.45, 2.75) is 0 Å². The number of fused-ring (bicyclic) bond motifs is 6. The molecule has 37 heavy (non-hydrogen) atoms. The standard InChI is InChI=1S/C32H19N3OS/c36-31-23-14-6-9-17-28(23)34(20-10-2-1-3-11-20)29-19-30-25(18-24(29)31)33-32(37-30)35-26-15-7-4-12-21(26)22-13-5-8-16-27(22)35/h1-19H. The SMILES string of the molecule is O=c1c2ccccc2n(-c2ccccc2)c2cc3sc(-n4c5ccccc5c5ccccc54)nc3cc12.